The topological polar surface area (TPSA) is 21.3 Å². The summed E-state index contributed by atoms with van der Waals surface area (Å²) >= 11 is 0. The van der Waals surface area contributed by atoms with Gasteiger partial charge in [0.15, 0.2) is 0 Å². The zero-order chi connectivity index (χ0) is 12.3. The Hall–Kier alpha value is -1.23. The van der Waals surface area contributed by atoms with Gasteiger partial charge in [0.25, 0.3) is 0 Å². The molecule has 0 aliphatic heterocycles. The van der Waals surface area contributed by atoms with E-state index in [1.54, 1.807) is 0 Å². The van der Waals surface area contributed by atoms with E-state index in [1.165, 1.54) is 19.1 Å². The molecule has 0 aliphatic rings. The Kier molecular flexibility index (Phi) is 3.80. The second-order valence-corrected chi connectivity index (χ2v) is 3.85. The summed E-state index contributed by atoms with van der Waals surface area (Å²) in [6, 6.07) is 3.92. The quantitative estimate of drug-likeness (QED) is 0.809. The number of rotatable bonds is 3. The van der Waals surface area contributed by atoms with Crippen molar-refractivity contribution in [2.24, 2.45) is 0 Å². The van der Waals surface area contributed by atoms with E-state index in [0.29, 0.717) is 0 Å². The fraction of sp³-hybridized carbons (Fsp3) is 0.455. The maximum Gasteiger partial charge on any atom is 0.416 e. The van der Waals surface area contributed by atoms with Gasteiger partial charge < -0.3 is 4.84 Å². The van der Waals surface area contributed by atoms with Gasteiger partial charge in [0, 0.05) is 6.04 Å². The van der Waals surface area contributed by atoms with Crippen LogP contribution in [-0.2, 0) is 6.18 Å². The standard InChI is InChI=1S/C11H14F3NO/c1-7(2)15-16-9-5-4-8(3)10(6-9)11(12,13)14/h4-7,15H,1-3H3. The van der Waals surface area contributed by atoms with E-state index >= 15 is 0 Å². The van der Waals surface area contributed by atoms with Gasteiger partial charge in [-0.15, -0.1) is 0 Å². The lowest BCUT2D eigenvalue weighted by molar-refractivity contribution is -0.138. The molecule has 1 rings (SSSR count). The highest BCUT2D eigenvalue weighted by Gasteiger charge is 2.32. The van der Waals surface area contributed by atoms with E-state index in [4.69, 9.17) is 4.84 Å². The molecule has 2 nitrogen and oxygen atoms in total. The molecule has 16 heavy (non-hydrogen) atoms. The molecule has 0 saturated heterocycles. The molecule has 0 heterocycles. The Labute approximate surface area is 92.4 Å². The van der Waals surface area contributed by atoms with Crippen molar-refractivity contribution >= 4 is 0 Å². The van der Waals surface area contributed by atoms with Gasteiger partial charge >= 0.3 is 6.18 Å². The highest BCUT2D eigenvalue weighted by molar-refractivity contribution is 5.36. The molecular weight excluding hydrogens is 219 g/mol. The van der Waals surface area contributed by atoms with Crippen LogP contribution in [0.5, 0.6) is 5.75 Å². The number of hydrogen-bond donors (Lipinski definition) is 1. The zero-order valence-electron chi connectivity index (χ0n) is 9.35. The monoisotopic (exact) mass is 233 g/mol. The van der Waals surface area contributed by atoms with Crippen LogP contribution in [0.25, 0.3) is 0 Å². The third kappa shape index (κ3) is 3.41. The Morgan fingerprint density at radius 2 is 1.88 bits per heavy atom. The molecule has 0 aromatic heterocycles. The molecule has 0 unspecified atom stereocenters. The Morgan fingerprint density at radius 3 is 2.38 bits per heavy atom. The number of aryl methyl sites for hydroxylation is 1. The molecule has 0 atom stereocenters. The molecule has 0 bridgehead atoms. The Balaban J connectivity index is 2.90. The summed E-state index contributed by atoms with van der Waals surface area (Å²) in [5.41, 5.74) is 2.11. The van der Waals surface area contributed by atoms with E-state index in [2.05, 4.69) is 5.48 Å². The average Bonchev–Trinajstić information content (AvgIpc) is 2.14. The molecule has 0 radical (unpaired) electrons. The van der Waals surface area contributed by atoms with Gasteiger partial charge in [-0.05, 0) is 38.5 Å². The number of hydroxylamine groups is 1. The van der Waals surface area contributed by atoms with Gasteiger partial charge in [0.05, 0.1) is 5.56 Å². The predicted molar refractivity (Wildman–Crippen MR) is 55.1 cm³/mol. The van der Waals surface area contributed by atoms with Crippen LogP contribution in [0.3, 0.4) is 0 Å². The summed E-state index contributed by atoms with van der Waals surface area (Å²) in [5.74, 6) is 0.159. The maximum absolute atomic E-state index is 12.6. The summed E-state index contributed by atoms with van der Waals surface area (Å²) in [5, 5.41) is 0. The van der Waals surface area contributed by atoms with Crippen molar-refractivity contribution in [2.75, 3.05) is 0 Å². The average molecular weight is 233 g/mol. The number of hydrogen-bond acceptors (Lipinski definition) is 2. The van der Waals surface area contributed by atoms with E-state index < -0.39 is 11.7 Å². The Morgan fingerprint density at radius 1 is 1.25 bits per heavy atom. The summed E-state index contributed by atoms with van der Waals surface area (Å²) in [7, 11) is 0. The van der Waals surface area contributed by atoms with E-state index in [9.17, 15) is 13.2 Å². The summed E-state index contributed by atoms with van der Waals surface area (Å²) in [6.07, 6.45) is -4.35. The molecule has 1 aromatic rings. The van der Waals surface area contributed by atoms with Crippen molar-refractivity contribution in [1.82, 2.24) is 5.48 Å². The predicted octanol–water partition coefficient (Wildman–Crippen LogP) is 3.31. The first-order chi connectivity index (χ1) is 7.30. The second-order valence-electron chi connectivity index (χ2n) is 3.85. The lowest BCUT2D eigenvalue weighted by Gasteiger charge is -2.14. The number of alkyl halides is 3. The lowest BCUT2D eigenvalue weighted by Crippen LogP contribution is -2.26. The van der Waals surface area contributed by atoms with Gasteiger partial charge in [-0.3, -0.25) is 0 Å². The van der Waals surface area contributed by atoms with Crippen LogP contribution in [0, 0.1) is 6.92 Å². The summed E-state index contributed by atoms with van der Waals surface area (Å²) in [6.45, 7) is 5.08. The van der Waals surface area contributed by atoms with Crippen molar-refractivity contribution in [3.8, 4) is 5.75 Å². The molecule has 1 N–H and O–H groups in total. The summed E-state index contributed by atoms with van der Waals surface area (Å²) < 4.78 is 37.7. The SMILES string of the molecule is Cc1ccc(ONC(C)C)cc1C(F)(F)F. The number of nitrogens with one attached hydrogen (secondary N) is 1. The largest absolute Gasteiger partial charge is 0.416 e. The minimum absolute atomic E-state index is 0.0376. The van der Waals surface area contributed by atoms with Crippen LogP contribution < -0.4 is 10.3 Å². The lowest BCUT2D eigenvalue weighted by atomic mass is 10.1. The van der Waals surface area contributed by atoms with Gasteiger partial charge in [-0.2, -0.15) is 18.7 Å². The first kappa shape index (κ1) is 12.8. The molecule has 90 valence electrons. The molecule has 0 amide bonds. The van der Waals surface area contributed by atoms with Crippen molar-refractivity contribution in [1.29, 1.82) is 0 Å². The first-order valence-corrected chi connectivity index (χ1v) is 4.91. The fourth-order valence-electron chi connectivity index (χ4n) is 1.16. The van der Waals surface area contributed by atoms with E-state index in [0.717, 1.165) is 6.07 Å². The first-order valence-electron chi connectivity index (χ1n) is 4.91. The van der Waals surface area contributed by atoms with Crippen LogP contribution in [-0.4, -0.2) is 6.04 Å². The van der Waals surface area contributed by atoms with Gasteiger partial charge in [-0.25, -0.2) is 0 Å². The van der Waals surface area contributed by atoms with E-state index in [1.807, 2.05) is 13.8 Å². The fourth-order valence-corrected chi connectivity index (χ4v) is 1.16. The molecule has 5 heteroatoms. The highest BCUT2D eigenvalue weighted by atomic mass is 19.4. The normalized spacial score (nSPS) is 11.9. The van der Waals surface area contributed by atoms with Crippen LogP contribution in [0.15, 0.2) is 18.2 Å². The third-order valence-electron chi connectivity index (χ3n) is 1.93. The third-order valence-corrected chi connectivity index (χ3v) is 1.93. The molecule has 0 aliphatic carbocycles. The second kappa shape index (κ2) is 4.74. The highest BCUT2D eigenvalue weighted by Crippen LogP contribution is 2.33. The van der Waals surface area contributed by atoms with Crippen LogP contribution in [0.2, 0.25) is 0 Å². The molecule has 0 spiro atoms. The van der Waals surface area contributed by atoms with Crippen molar-refractivity contribution in [3.05, 3.63) is 29.3 Å². The molecule has 1 aromatic carbocycles. The Bertz CT molecular complexity index is 361. The van der Waals surface area contributed by atoms with Crippen LogP contribution >= 0.6 is 0 Å². The van der Waals surface area contributed by atoms with Crippen LogP contribution in [0.1, 0.15) is 25.0 Å². The minimum Gasteiger partial charge on any atom is -0.408 e. The molecule has 0 fully saturated rings. The van der Waals surface area contributed by atoms with Crippen molar-refractivity contribution < 1.29 is 18.0 Å². The van der Waals surface area contributed by atoms with Crippen LogP contribution in [0.4, 0.5) is 13.2 Å². The number of halogens is 3. The van der Waals surface area contributed by atoms with Gasteiger partial charge in [0.1, 0.15) is 5.75 Å². The smallest absolute Gasteiger partial charge is 0.408 e. The number of benzene rings is 1. The van der Waals surface area contributed by atoms with Crippen molar-refractivity contribution in [2.45, 2.75) is 33.0 Å². The molecule has 0 saturated carbocycles. The minimum atomic E-state index is -4.35. The van der Waals surface area contributed by atoms with Gasteiger partial charge in [0.2, 0.25) is 0 Å². The van der Waals surface area contributed by atoms with Gasteiger partial charge in [-0.1, -0.05) is 6.07 Å². The zero-order valence-corrected chi connectivity index (χ0v) is 9.35. The summed E-state index contributed by atoms with van der Waals surface area (Å²) in [4.78, 5) is 5.01. The maximum atomic E-state index is 12.6. The van der Waals surface area contributed by atoms with Crippen molar-refractivity contribution in [3.63, 3.8) is 0 Å². The molecular formula is C11H14F3NO. The van der Waals surface area contributed by atoms with E-state index in [-0.39, 0.29) is 17.4 Å².